The third-order valence-electron chi connectivity index (χ3n) is 5.25. The number of benzene rings is 2. The Kier molecular flexibility index (Phi) is 3.94. The molecule has 0 unspecified atom stereocenters. The molecule has 0 bridgehead atoms. The van der Waals surface area contributed by atoms with E-state index in [0.717, 1.165) is 16.9 Å². The average molecular weight is 368 g/mol. The lowest BCUT2D eigenvalue weighted by atomic mass is 9.77. The van der Waals surface area contributed by atoms with Crippen LogP contribution in [0.1, 0.15) is 43.7 Å². The summed E-state index contributed by atoms with van der Waals surface area (Å²) in [5.41, 5.74) is 0.864. The van der Waals surface area contributed by atoms with Gasteiger partial charge in [0.1, 0.15) is 17.2 Å². The topological polar surface area (TPSA) is 79.8 Å². The standard InChI is InChI=1S/C21H24N2O4/c1-20(2)12-21(23-19(25)22-20)11-17(13-4-7-15(26-3)8-5-13)16-9-6-14(24)10-18(16)27-21/h4-10,17,24H,11-12H2,1-3H3,(H2,22,23,25)/t17-,21-/m0/s1. The van der Waals surface area contributed by atoms with Crippen LogP contribution in [-0.2, 0) is 0 Å². The number of aromatic hydroxyl groups is 1. The number of carbonyl (C=O) groups is 1. The van der Waals surface area contributed by atoms with Crippen LogP contribution in [0.5, 0.6) is 17.2 Å². The zero-order valence-electron chi connectivity index (χ0n) is 15.7. The van der Waals surface area contributed by atoms with Crippen LogP contribution < -0.4 is 20.1 Å². The molecule has 2 aliphatic rings. The van der Waals surface area contributed by atoms with E-state index in [1.54, 1.807) is 19.2 Å². The molecule has 0 radical (unpaired) electrons. The van der Waals surface area contributed by atoms with E-state index in [9.17, 15) is 9.90 Å². The summed E-state index contributed by atoms with van der Waals surface area (Å²) in [5.74, 6) is 1.55. The van der Waals surface area contributed by atoms with Gasteiger partial charge in [-0.05, 0) is 37.6 Å². The van der Waals surface area contributed by atoms with Gasteiger partial charge in [0.05, 0.1) is 7.11 Å². The molecule has 3 N–H and O–H groups in total. The van der Waals surface area contributed by atoms with E-state index in [2.05, 4.69) is 10.6 Å². The Labute approximate surface area is 158 Å². The molecule has 142 valence electrons. The number of fused-ring (bicyclic) bond motifs is 1. The molecular weight excluding hydrogens is 344 g/mol. The largest absolute Gasteiger partial charge is 0.508 e. The van der Waals surface area contributed by atoms with Gasteiger partial charge in [-0.15, -0.1) is 0 Å². The second-order valence-corrected chi connectivity index (χ2v) is 7.99. The first-order valence-electron chi connectivity index (χ1n) is 9.05. The second-order valence-electron chi connectivity index (χ2n) is 7.99. The number of rotatable bonds is 2. The highest BCUT2D eigenvalue weighted by molar-refractivity contribution is 5.77. The van der Waals surface area contributed by atoms with E-state index in [1.165, 1.54) is 0 Å². The molecule has 6 nitrogen and oxygen atoms in total. The van der Waals surface area contributed by atoms with Crippen LogP contribution in [0.3, 0.4) is 0 Å². The van der Waals surface area contributed by atoms with Crippen LogP contribution in [0, 0.1) is 0 Å². The molecule has 6 heteroatoms. The second kappa shape index (κ2) is 6.08. The first-order chi connectivity index (χ1) is 12.8. The molecule has 1 fully saturated rings. The van der Waals surface area contributed by atoms with Gasteiger partial charge >= 0.3 is 6.03 Å². The Hall–Kier alpha value is -2.89. The van der Waals surface area contributed by atoms with E-state index in [4.69, 9.17) is 9.47 Å². The highest BCUT2D eigenvalue weighted by Crippen LogP contribution is 2.47. The number of nitrogens with one attached hydrogen (secondary N) is 2. The Balaban J connectivity index is 1.79. The first kappa shape index (κ1) is 17.5. The molecule has 1 saturated heterocycles. The Morgan fingerprint density at radius 2 is 1.89 bits per heavy atom. The van der Waals surface area contributed by atoms with Crippen molar-refractivity contribution in [2.45, 2.75) is 43.9 Å². The molecule has 2 aromatic carbocycles. The zero-order valence-corrected chi connectivity index (χ0v) is 15.7. The van der Waals surface area contributed by atoms with Crippen LogP contribution in [0.25, 0.3) is 0 Å². The fraction of sp³-hybridized carbons (Fsp3) is 0.381. The number of carbonyl (C=O) groups excluding carboxylic acids is 1. The van der Waals surface area contributed by atoms with Crippen molar-refractivity contribution < 1.29 is 19.4 Å². The number of phenols is 1. The number of methoxy groups -OCH3 is 1. The molecule has 2 atom stereocenters. The minimum absolute atomic E-state index is 0.0226. The smallest absolute Gasteiger partial charge is 0.318 e. The molecule has 2 amide bonds. The van der Waals surface area contributed by atoms with Gasteiger partial charge in [0.15, 0.2) is 5.72 Å². The third kappa shape index (κ3) is 3.27. The van der Waals surface area contributed by atoms with Crippen molar-refractivity contribution in [3.05, 3.63) is 53.6 Å². The van der Waals surface area contributed by atoms with Crippen molar-refractivity contribution in [3.8, 4) is 17.2 Å². The summed E-state index contributed by atoms with van der Waals surface area (Å²) in [5, 5.41) is 15.9. The summed E-state index contributed by atoms with van der Waals surface area (Å²) in [6.45, 7) is 3.97. The van der Waals surface area contributed by atoms with Crippen molar-refractivity contribution in [1.29, 1.82) is 0 Å². The summed E-state index contributed by atoms with van der Waals surface area (Å²) in [7, 11) is 1.64. The molecule has 4 rings (SSSR count). The summed E-state index contributed by atoms with van der Waals surface area (Å²) >= 11 is 0. The quantitative estimate of drug-likeness (QED) is 0.758. The van der Waals surface area contributed by atoms with Crippen LogP contribution in [-0.4, -0.2) is 29.5 Å². The van der Waals surface area contributed by atoms with Gasteiger partial charge in [0.25, 0.3) is 0 Å². The minimum atomic E-state index is -0.836. The van der Waals surface area contributed by atoms with Gasteiger partial charge in [0, 0.05) is 35.9 Å². The van der Waals surface area contributed by atoms with Gasteiger partial charge in [-0.3, -0.25) is 0 Å². The number of amides is 2. The van der Waals surface area contributed by atoms with Crippen molar-refractivity contribution in [2.75, 3.05) is 7.11 Å². The normalized spacial score (nSPS) is 25.7. The molecule has 0 aromatic heterocycles. The molecular formula is C21H24N2O4. The maximum Gasteiger partial charge on any atom is 0.318 e. The number of phenolic OH excluding ortho intramolecular Hbond substituents is 1. The van der Waals surface area contributed by atoms with Gasteiger partial charge in [0.2, 0.25) is 0 Å². The van der Waals surface area contributed by atoms with Gasteiger partial charge in [-0.2, -0.15) is 0 Å². The number of ether oxygens (including phenoxy) is 2. The van der Waals surface area contributed by atoms with Crippen LogP contribution in [0.2, 0.25) is 0 Å². The average Bonchev–Trinajstić information content (AvgIpc) is 2.58. The van der Waals surface area contributed by atoms with Gasteiger partial charge in [-0.1, -0.05) is 18.2 Å². The summed E-state index contributed by atoms with van der Waals surface area (Å²) in [6, 6.07) is 12.9. The number of hydrogen-bond donors (Lipinski definition) is 3. The van der Waals surface area contributed by atoms with Crippen molar-refractivity contribution in [1.82, 2.24) is 10.6 Å². The molecule has 0 saturated carbocycles. The summed E-state index contributed by atoms with van der Waals surface area (Å²) in [6.07, 6.45) is 1.21. The van der Waals surface area contributed by atoms with Crippen LogP contribution in [0.15, 0.2) is 42.5 Å². The lowest BCUT2D eigenvalue weighted by molar-refractivity contribution is -0.0236. The van der Waals surface area contributed by atoms with E-state index in [0.29, 0.717) is 18.6 Å². The Morgan fingerprint density at radius 1 is 1.15 bits per heavy atom. The number of urea groups is 1. The molecule has 1 spiro atoms. The molecule has 27 heavy (non-hydrogen) atoms. The van der Waals surface area contributed by atoms with E-state index in [-0.39, 0.29) is 17.7 Å². The number of hydrogen-bond acceptors (Lipinski definition) is 4. The maximum atomic E-state index is 12.3. The summed E-state index contributed by atoms with van der Waals surface area (Å²) < 4.78 is 11.6. The predicted octanol–water partition coefficient (Wildman–Crippen LogP) is 3.49. The Bertz CT molecular complexity index is 878. The summed E-state index contributed by atoms with van der Waals surface area (Å²) in [4.78, 5) is 12.3. The lowest BCUT2D eigenvalue weighted by Gasteiger charge is -2.49. The Morgan fingerprint density at radius 3 is 2.56 bits per heavy atom. The van der Waals surface area contributed by atoms with Crippen molar-refractivity contribution in [2.24, 2.45) is 0 Å². The predicted molar refractivity (Wildman–Crippen MR) is 101 cm³/mol. The highest BCUT2D eigenvalue weighted by Gasteiger charge is 2.49. The fourth-order valence-electron chi connectivity index (χ4n) is 4.26. The van der Waals surface area contributed by atoms with E-state index in [1.807, 2.05) is 44.2 Å². The van der Waals surface area contributed by atoms with Crippen molar-refractivity contribution >= 4 is 6.03 Å². The lowest BCUT2D eigenvalue weighted by Crippen LogP contribution is -2.69. The highest BCUT2D eigenvalue weighted by atomic mass is 16.5. The van der Waals surface area contributed by atoms with Gasteiger partial charge in [-0.25, -0.2) is 4.79 Å². The van der Waals surface area contributed by atoms with E-state index >= 15 is 0 Å². The van der Waals surface area contributed by atoms with Crippen LogP contribution >= 0.6 is 0 Å². The van der Waals surface area contributed by atoms with Crippen molar-refractivity contribution in [3.63, 3.8) is 0 Å². The monoisotopic (exact) mass is 368 g/mol. The fourth-order valence-corrected chi connectivity index (χ4v) is 4.26. The van der Waals surface area contributed by atoms with Crippen LogP contribution in [0.4, 0.5) is 4.79 Å². The zero-order chi connectivity index (χ0) is 19.2. The molecule has 2 heterocycles. The minimum Gasteiger partial charge on any atom is -0.508 e. The molecule has 0 aliphatic carbocycles. The molecule has 2 aromatic rings. The third-order valence-corrected chi connectivity index (χ3v) is 5.25. The van der Waals surface area contributed by atoms with Gasteiger partial charge < -0.3 is 25.2 Å². The first-order valence-corrected chi connectivity index (χ1v) is 9.05. The molecule has 2 aliphatic heterocycles. The van der Waals surface area contributed by atoms with E-state index < -0.39 is 11.3 Å². The SMILES string of the molecule is COc1ccc([C@@H]2C[C@@]3(CC(C)(C)NC(=O)N3)Oc3cc(O)ccc32)cc1. The maximum absolute atomic E-state index is 12.3.